The normalized spacial score (nSPS) is 15.8. The number of phenolic OH excluding ortho intramolecular Hbond substituents is 1. The minimum atomic E-state index is -0.181. The smallest absolute Gasteiger partial charge is 1.00 e. The quantitative estimate of drug-likeness (QED) is 0.0442. The second-order valence-electron chi connectivity index (χ2n) is 14.4. The molecule has 0 aliphatic carbocycles. The predicted molar refractivity (Wildman–Crippen MR) is 260 cm³/mol. The van der Waals surface area contributed by atoms with Crippen LogP contribution < -0.4 is 128 Å². The molecule has 4 heterocycles. The molecule has 0 saturated heterocycles. The number of aromatic hydroxyl groups is 1. The standard InChI is InChI=1S/C22H23IN2O2.C17H16N2O2.C5H10I2.CH2O3.2K.H/c1-15-11-18-19(13-21(15)27-10-6-2-5-9-23)24-14-17-12-16-7-3-4-8-20(16)25(17)22(18)26;1-10-6-13-14(8-16(10)20)18-9-12-7-11-4-2-3-5-15(11)19(12)17(13)21;6-4-2-1-3-5-7;2-1-4-3;;;/h3-4,7-8,11,13-14,17H,2,5-6,9-10,12H2,1H3;2-6,8,12,18,20H,7,9H2,1H3;1-5H2;1,3H;;;/q;;;;2*+1;-1/p-1/t17-;12-;;;;;/m00...../s1. The molecule has 2 atom stereocenters. The number of alkyl halides is 3. The van der Waals surface area contributed by atoms with E-state index in [0.29, 0.717) is 30.0 Å². The van der Waals surface area contributed by atoms with E-state index in [1.807, 2.05) is 78.4 Å². The number of halogens is 3. The fourth-order valence-corrected chi connectivity index (χ4v) is 9.02. The molecule has 16 heteroatoms. The number of unbranched alkanes of at least 4 members (excludes halogenated alkanes) is 4. The Balaban J connectivity index is 0.000000337. The number of rotatable bonds is 11. The fourth-order valence-electron chi connectivity index (χ4n) is 7.40. The van der Waals surface area contributed by atoms with Gasteiger partial charge in [0.15, 0.2) is 0 Å². The Labute approximate surface area is 487 Å². The predicted octanol–water partition coefficient (Wildman–Crippen LogP) is 3.55. The molecule has 0 bridgehead atoms. The molecule has 0 spiro atoms. The Hall–Kier alpha value is -0.217. The Morgan fingerprint density at radius 2 is 1.36 bits per heavy atom. The van der Waals surface area contributed by atoms with Crippen LogP contribution in [0.25, 0.3) is 0 Å². The summed E-state index contributed by atoms with van der Waals surface area (Å²) in [5.41, 5.74) is 8.84. The molecule has 8 rings (SSSR count). The van der Waals surface area contributed by atoms with Crippen molar-refractivity contribution in [2.45, 2.75) is 77.3 Å². The van der Waals surface area contributed by atoms with Gasteiger partial charge >= 0.3 is 103 Å². The van der Waals surface area contributed by atoms with Crippen molar-refractivity contribution < 1.29 is 139 Å². The van der Waals surface area contributed by atoms with E-state index in [9.17, 15) is 14.7 Å². The Kier molecular flexibility index (Phi) is 26.0. The molecule has 4 aromatic carbocycles. The SMILES string of the molecule is Cc1cc2c(cc1O)NC[C@@H]1Cc3ccccc3N1C2=O.Cc1cc2c(cc1OCCCCCI)N=C[C@@H]1Cc3ccccc3N1C2=O.ICCCCCI.O=CO[O-].[H-].[K+].[K+]. The van der Waals surface area contributed by atoms with Gasteiger partial charge < -0.3 is 31.6 Å². The molecule has 4 aliphatic rings. The summed E-state index contributed by atoms with van der Waals surface area (Å²) < 4.78 is 9.82. The molecule has 316 valence electrons. The fraction of sp³-hybridized carbons (Fsp3) is 0.378. The van der Waals surface area contributed by atoms with Crippen LogP contribution in [0.5, 0.6) is 11.5 Å². The van der Waals surface area contributed by atoms with Crippen LogP contribution in [0, 0.1) is 13.8 Å². The molecular formula is C45H51I3K2N4O7. The molecule has 4 aliphatic heterocycles. The van der Waals surface area contributed by atoms with Gasteiger partial charge in [0, 0.05) is 42.7 Å². The molecule has 0 fully saturated rings. The Morgan fingerprint density at radius 1 is 0.803 bits per heavy atom. The van der Waals surface area contributed by atoms with Gasteiger partial charge in [-0.2, -0.15) is 0 Å². The van der Waals surface area contributed by atoms with E-state index in [4.69, 9.17) is 14.8 Å². The number of aliphatic imine (C=N–C) groups is 1. The third-order valence-electron chi connectivity index (χ3n) is 10.4. The summed E-state index contributed by atoms with van der Waals surface area (Å²) in [6, 6.07) is 23.6. The molecule has 2 amide bonds. The van der Waals surface area contributed by atoms with Crippen molar-refractivity contribution in [1.29, 1.82) is 0 Å². The summed E-state index contributed by atoms with van der Waals surface area (Å²) >= 11 is 7.25. The number of hydrogen-bond donors (Lipinski definition) is 2. The number of nitrogens with zero attached hydrogens (tertiary/aromatic N) is 3. The van der Waals surface area contributed by atoms with Gasteiger partial charge in [-0.3, -0.25) is 24.3 Å². The second-order valence-corrected chi connectivity index (χ2v) is 17.7. The van der Waals surface area contributed by atoms with Crippen LogP contribution in [0.2, 0.25) is 0 Å². The Bertz CT molecular complexity index is 2110. The van der Waals surface area contributed by atoms with Gasteiger partial charge in [0.1, 0.15) is 11.5 Å². The van der Waals surface area contributed by atoms with E-state index in [1.54, 1.807) is 12.1 Å². The van der Waals surface area contributed by atoms with Crippen molar-refractivity contribution in [1.82, 2.24) is 0 Å². The molecular weight excluding hydrogens is 1170 g/mol. The average Bonchev–Trinajstić information content (AvgIpc) is 3.74. The maximum atomic E-state index is 13.3. The second kappa shape index (κ2) is 28.7. The van der Waals surface area contributed by atoms with Crippen LogP contribution in [-0.2, 0) is 22.5 Å². The van der Waals surface area contributed by atoms with E-state index in [1.165, 1.54) is 56.5 Å². The third kappa shape index (κ3) is 14.9. The molecule has 0 saturated carbocycles. The number of hydrogen-bond acceptors (Lipinski definition) is 9. The first-order valence-corrected chi connectivity index (χ1v) is 24.4. The largest absolute Gasteiger partial charge is 1.00 e. The number of carbonyl (C=O) groups is 3. The van der Waals surface area contributed by atoms with Gasteiger partial charge in [-0.1, -0.05) is 111 Å². The van der Waals surface area contributed by atoms with E-state index in [-0.39, 0.29) is 140 Å². The number of ether oxygens (including phenoxy) is 1. The topological polar surface area (TPSA) is 144 Å². The van der Waals surface area contributed by atoms with Gasteiger partial charge in [-0.15, -0.1) is 0 Å². The first-order chi connectivity index (χ1) is 28.7. The summed E-state index contributed by atoms with van der Waals surface area (Å²) in [5, 5.41) is 21.6. The van der Waals surface area contributed by atoms with Crippen LogP contribution in [0.4, 0.5) is 22.7 Å². The van der Waals surface area contributed by atoms with Crippen LogP contribution >= 0.6 is 67.8 Å². The summed E-state index contributed by atoms with van der Waals surface area (Å²) in [4.78, 5) is 45.9. The molecule has 0 aromatic heterocycles. The first-order valence-electron chi connectivity index (χ1n) is 19.8. The van der Waals surface area contributed by atoms with E-state index >= 15 is 0 Å². The zero-order valence-corrected chi connectivity index (χ0v) is 48.0. The molecule has 4 aromatic rings. The number of phenols is 1. The van der Waals surface area contributed by atoms with Crippen LogP contribution in [-0.4, -0.2) is 68.1 Å². The van der Waals surface area contributed by atoms with Gasteiger partial charge in [-0.25, -0.2) is 0 Å². The number of anilines is 3. The van der Waals surface area contributed by atoms with Crippen molar-refractivity contribution >= 4 is 115 Å². The van der Waals surface area contributed by atoms with E-state index in [2.05, 4.69) is 95.1 Å². The van der Waals surface area contributed by atoms with Gasteiger partial charge in [0.2, 0.25) is 0 Å². The number of aryl methyl sites for hydroxylation is 2. The summed E-state index contributed by atoms with van der Waals surface area (Å²) in [5.74, 6) is 1.08. The average molecular weight is 1220 g/mol. The first kappa shape index (κ1) is 55.1. The molecule has 11 nitrogen and oxygen atoms in total. The van der Waals surface area contributed by atoms with Gasteiger partial charge in [0.25, 0.3) is 18.3 Å². The molecule has 61 heavy (non-hydrogen) atoms. The van der Waals surface area contributed by atoms with Crippen LogP contribution in [0.15, 0.2) is 77.8 Å². The van der Waals surface area contributed by atoms with E-state index < -0.39 is 0 Å². The maximum absolute atomic E-state index is 13.3. The van der Waals surface area contributed by atoms with Crippen molar-refractivity contribution in [3.8, 4) is 11.5 Å². The van der Waals surface area contributed by atoms with Crippen molar-refractivity contribution in [3.63, 3.8) is 0 Å². The number of nitrogens with one attached hydrogen (secondary N) is 1. The minimum Gasteiger partial charge on any atom is -1.00 e. The van der Waals surface area contributed by atoms with E-state index in [0.717, 1.165) is 53.2 Å². The summed E-state index contributed by atoms with van der Waals surface area (Å²) in [6.07, 6.45) is 11.3. The number of amides is 2. The van der Waals surface area contributed by atoms with Crippen LogP contribution in [0.1, 0.15) is 82.9 Å². The number of carbonyl (C=O) groups excluding carboxylic acids is 3. The number of fused-ring (bicyclic) bond motifs is 8. The van der Waals surface area contributed by atoms with Crippen molar-refractivity contribution in [3.05, 3.63) is 106 Å². The number of benzene rings is 4. The monoisotopic (exact) mass is 1220 g/mol. The molecule has 0 unspecified atom stereocenters. The maximum Gasteiger partial charge on any atom is 1.00 e. The third-order valence-corrected chi connectivity index (χ3v) is 12.7. The molecule has 0 radical (unpaired) electrons. The summed E-state index contributed by atoms with van der Waals surface area (Å²) in [7, 11) is 0. The van der Waals surface area contributed by atoms with Gasteiger partial charge in [-0.05, 0) is 112 Å². The number of para-hydroxylation sites is 2. The van der Waals surface area contributed by atoms with Crippen LogP contribution in [0.3, 0.4) is 0 Å². The summed E-state index contributed by atoms with van der Waals surface area (Å²) in [6.45, 7) is 5.02. The minimum absolute atomic E-state index is 0. The molecule has 2 N–H and O–H groups in total. The zero-order valence-electron chi connectivity index (χ0n) is 36.3. The van der Waals surface area contributed by atoms with Gasteiger partial charge in [0.05, 0.1) is 41.2 Å². The van der Waals surface area contributed by atoms with Crippen molar-refractivity contribution in [2.75, 3.05) is 41.6 Å². The van der Waals surface area contributed by atoms with Crippen molar-refractivity contribution in [2.24, 2.45) is 4.99 Å². The zero-order chi connectivity index (χ0) is 42.3. The Morgan fingerprint density at radius 3 is 1.98 bits per heavy atom.